The van der Waals surface area contributed by atoms with E-state index in [1.54, 1.807) is 43.3 Å². The Hall–Kier alpha value is -2.66. The van der Waals surface area contributed by atoms with Crippen LogP contribution in [0.2, 0.25) is 5.02 Å². The molecule has 0 radical (unpaired) electrons. The van der Waals surface area contributed by atoms with Gasteiger partial charge in [-0.2, -0.15) is 0 Å². The molecular formula is C20H18ClNO4. The van der Waals surface area contributed by atoms with Gasteiger partial charge in [0.15, 0.2) is 0 Å². The van der Waals surface area contributed by atoms with E-state index in [4.69, 9.17) is 16.3 Å². The van der Waals surface area contributed by atoms with Gasteiger partial charge in [-0.25, -0.2) is 0 Å². The molecule has 0 bridgehead atoms. The number of anilines is 1. The third kappa shape index (κ3) is 3.22. The van der Waals surface area contributed by atoms with Gasteiger partial charge in [0.2, 0.25) is 5.78 Å². The lowest BCUT2D eigenvalue weighted by Gasteiger charge is -2.27. The highest BCUT2D eigenvalue weighted by Crippen LogP contribution is 2.40. The molecule has 0 aliphatic carbocycles. The minimum absolute atomic E-state index is 0.134. The second-order valence-electron chi connectivity index (χ2n) is 6.10. The molecule has 26 heavy (non-hydrogen) atoms. The highest BCUT2D eigenvalue weighted by atomic mass is 35.5. The van der Waals surface area contributed by atoms with Gasteiger partial charge in [0.25, 0.3) is 5.91 Å². The first-order chi connectivity index (χ1) is 12.4. The lowest BCUT2D eigenvalue weighted by molar-refractivity contribution is -0.152. The number of carbonyl (C=O) groups excluding carboxylic acids is 3. The van der Waals surface area contributed by atoms with Crippen molar-refractivity contribution in [2.75, 3.05) is 11.5 Å². The van der Waals surface area contributed by atoms with Gasteiger partial charge in [0.05, 0.1) is 12.6 Å². The van der Waals surface area contributed by atoms with E-state index in [0.717, 1.165) is 5.56 Å². The van der Waals surface area contributed by atoms with Gasteiger partial charge in [-0.1, -0.05) is 41.4 Å². The monoisotopic (exact) mass is 371 g/mol. The number of benzene rings is 2. The van der Waals surface area contributed by atoms with Crippen LogP contribution in [0.25, 0.3) is 0 Å². The number of hydrogen-bond donors (Lipinski definition) is 0. The fourth-order valence-electron chi connectivity index (χ4n) is 3.12. The zero-order valence-corrected chi connectivity index (χ0v) is 15.2. The van der Waals surface area contributed by atoms with Crippen molar-refractivity contribution in [3.05, 3.63) is 64.7 Å². The van der Waals surface area contributed by atoms with Crippen LogP contribution in [0, 0.1) is 12.8 Å². The number of aryl methyl sites for hydroxylation is 1. The van der Waals surface area contributed by atoms with Crippen LogP contribution >= 0.6 is 11.6 Å². The fraction of sp³-hybridized carbons (Fsp3) is 0.250. The number of halogens is 1. The van der Waals surface area contributed by atoms with Gasteiger partial charge in [-0.05, 0) is 43.7 Å². The molecule has 134 valence electrons. The van der Waals surface area contributed by atoms with Crippen molar-refractivity contribution in [3.8, 4) is 0 Å². The average Bonchev–Trinajstić information content (AvgIpc) is 2.88. The summed E-state index contributed by atoms with van der Waals surface area (Å²) in [6, 6.07) is 13.2. The van der Waals surface area contributed by atoms with E-state index in [9.17, 15) is 14.4 Å². The molecule has 2 aromatic rings. The molecule has 1 aliphatic rings. The maximum atomic E-state index is 12.7. The molecule has 1 aliphatic heterocycles. The number of Topliss-reactive ketones (excluding diaryl/α,β-unsaturated/α-hetero) is 1. The number of nitrogens with zero attached hydrogens (tertiary/aromatic N) is 1. The number of hydrogen-bond acceptors (Lipinski definition) is 4. The second kappa shape index (κ2) is 7.30. The summed E-state index contributed by atoms with van der Waals surface area (Å²) in [5.41, 5.74) is 2.23. The molecule has 1 amide bonds. The minimum atomic E-state index is -1.20. The van der Waals surface area contributed by atoms with Crippen molar-refractivity contribution >= 4 is 34.9 Å². The summed E-state index contributed by atoms with van der Waals surface area (Å²) >= 11 is 5.96. The highest BCUT2D eigenvalue weighted by molar-refractivity contribution is 6.47. The number of esters is 1. The van der Waals surface area contributed by atoms with Crippen LogP contribution in [0.15, 0.2) is 48.5 Å². The molecular weight excluding hydrogens is 354 g/mol. The van der Waals surface area contributed by atoms with E-state index in [2.05, 4.69) is 0 Å². The lowest BCUT2D eigenvalue weighted by Crippen LogP contribution is -2.31. The van der Waals surface area contributed by atoms with E-state index in [-0.39, 0.29) is 6.61 Å². The van der Waals surface area contributed by atoms with Crippen LogP contribution < -0.4 is 4.90 Å². The number of carbonyl (C=O) groups is 3. The number of rotatable bonds is 4. The van der Waals surface area contributed by atoms with Crippen molar-refractivity contribution in [2.45, 2.75) is 19.9 Å². The summed E-state index contributed by atoms with van der Waals surface area (Å²) in [4.78, 5) is 39.1. The largest absolute Gasteiger partial charge is 0.465 e. The summed E-state index contributed by atoms with van der Waals surface area (Å²) in [6.07, 6.45) is 0. The van der Waals surface area contributed by atoms with Crippen molar-refractivity contribution in [3.63, 3.8) is 0 Å². The molecule has 6 heteroatoms. The Labute approximate surface area is 156 Å². The van der Waals surface area contributed by atoms with Crippen LogP contribution in [0.1, 0.15) is 24.1 Å². The van der Waals surface area contributed by atoms with E-state index >= 15 is 0 Å². The molecule has 1 heterocycles. The van der Waals surface area contributed by atoms with E-state index in [0.29, 0.717) is 16.3 Å². The minimum Gasteiger partial charge on any atom is -0.465 e. The first kappa shape index (κ1) is 18.1. The molecule has 1 saturated heterocycles. The van der Waals surface area contributed by atoms with Gasteiger partial charge in [-0.15, -0.1) is 0 Å². The van der Waals surface area contributed by atoms with Gasteiger partial charge in [0.1, 0.15) is 5.92 Å². The van der Waals surface area contributed by atoms with Gasteiger partial charge in [0, 0.05) is 10.7 Å². The maximum absolute atomic E-state index is 12.7. The van der Waals surface area contributed by atoms with Gasteiger partial charge >= 0.3 is 5.97 Å². The van der Waals surface area contributed by atoms with Crippen molar-refractivity contribution in [2.24, 2.45) is 5.92 Å². The van der Waals surface area contributed by atoms with Crippen LogP contribution in [-0.4, -0.2) is 24.3 Å². The summed E-state index contributed by atoms with van der Waals surface area (Å²) in [5.74, 6) is -3.37. The lowest BCUT2D eigenvalue weighted by atomic mass is 9.92. The predicted molar refractivity (Wildman–Crippen MR) is 98.0 cm³/mol. The van der Waals surface area contributed by atoms with Gasteiger partial charge in [-0.3, -0.25) is 19.3 Å². The number of ether oxygens (including phenoxy) is 1. The van der Waals surface area contributed by atoms with Crippen molar-refractivity contribution < 1.29 is 19.1 Å². The zero-order chi connectivity index (χ0) is 18.8. The fourth-order valence-corrected chi connectivity index (χ4v) is 3.25. The summed E-state index contributed by atoms with van der Waals surface area (Å²) < 4.78 is 5.06. The summed E-state index contributed by atoms with van der Waals surface area (Å²) in [7, 11) is 0. The zero-order valence-electron chi connectivity index (χ0n) is 14.4. The predicted octanol–water partition coefficient (Wildman–Crippen LogP) is 3.48. The number of amides is 1. The first-order valence-electron chi connectivity index (χ1n) is 8.30. The molecule has 2 atom stereocenters. The Morgan fingerprint density at radius 1 is 1.08 bits per heavy atom. The topological polar surface area (TPSA) is 63.7 Å². The molecule has 0 N–H and O–H groups in total. The van der Waals surface area contributed by atoms with E-state index in [1.165, 1.54) is 4.90 Å². The van der Waals surface area contributed by atoms with Crippen molar-refractivity contribution in [1.82, 2.24) is 0 Å². The first-order valence-corrected chi connectivity index (χ1v) is 8.68. The average molecular weight is 372 g/mol. The molecule has 2 aromatic carbocycles. The Morgan fingerprint density at radius 3 is 2.27 bits per heavy atom. The van der Waals surface area contributed by atoms with Crippen LogP contribution in [0.4, 0.5) is 5.69 Å². The Balaban J connectivity index is 2.12. The van der Waals surface area contributed by atoms with Crippen LogP contribution in [-0.2, 0) is 19.1 Å². The van der Waals surface area contributed by atoms with Crippen molar-refractivity contribution in [1.29, 1.82) is 0 Å². The third-order valence-electron chi connectivity index (χ3n) is 4.37. The molecule has 0 saturated carbocycles. The normalized spacial score (nSPS) is 19.7. The third-order valence-corrected chi connectivity index (χ3v) is 4.62. The standard InChI is InChI=1S/C20H18ClNO4/c1-3-26-20(25)16-17(13-6-8-14(21)9-7-13)22(19(24)18(16)23)15-10-4-12(2)5-11-15/h4-11,16-17H,3H2,1-2H3/t16-,17-/m1/s1. The molecule has 5 nitrogen and oxygen atoms in total. The Kier molecular flexibility index (Phi) is 5.09. The maximum Gasteiger partial charge on any atom is 0.319 e. The SMILES string of the molecule is CCOC(=O)[C@H]1C(=O)C(=O)N(c2ccc(C)cc2)[C@@H]1c1ccc(Cl)cc1. The quantitative estimate of drug-likeness (QED) is 0.469. The Morgan fingerprint density at radius 2 is 1.69 bits per heavy atom. The van der Waals surface area contributed by atoms with E-state index in [1.807, 2.05) is 19.1 Å². The number of ketones is 1. The van der Waals surface area contributed by atoms with Crippen LogP contribution in [0.5, 0.6) is 0 Å². The molecule has 3 rings (SSSR count). The summed E-state index contributed by atoms with van der Waals surface area (Å²) in [6.45, 7) is 3.72. The molecule has 0 spiro atoms. The smallest absolute Gasteiger partial charge is 0.319 e. The molecule has 1 fully saturated rings. The molecule has 0 unspecified atom stereocenters. The van der Waals surface area contributed by atoms with Gasteiger partial charge < -0.3 is 4.74 Å². The van der Waals surface area contributed by atoms with E-state index < -0.39 is 29.6 Å². The highest BCUT2D eigenvalue weighted by Gasteiger charge is 2.53. The molecule has 0 aromatic heterocycles. The summed E-state index contributed by atoms with van der Waals surface area (Å²) in [5, 5.41) is 0.527. The second-order valence-corrected chi connectivity index (χ2v) is 6.54. The van der Waals surface area contributed by atoms with Crippen LogP contribution in [0.3, 0.4) is 0 Å². The Bertz CT molecular complexity index is 845.